The third-order valence-electron chi connectivity index (χ3n) is 6.07. The molecule has 1 aromatic heterocycles. The summed E-state index contributed by atoms with van der Waals surface area (Å²) in [5.41, 5.74) is 1.37. The number of carbonyl (C=O) groups excluding carboxylic acids is 1. The molecule has 3 aliphatic rings. The molecule has 1 amide bonds. The van der Waals surface area contributed by atoms with Crippen LogP contribution in [-0.2, 0) is 11.3 Å². The quantitative estimate of drug-likeness (QED) is 0.905. The molecule has 4 atom stereocenters. The summed E-state index contributed by atoms with van der Waals surface area (Å²) in [7, 11) is 0. The minimum absolute atomic E-state index is 0.230. The standard InChI is InChI=1S/C17H26N4O/c1-12-8-18-20(9-12)11-16(22)21-10-13-7-17(2)14(19-13)5-3-4-6-15(17)21/h8-9,13-15,19H,3-7,10-11H2,1-2H3/t13-,14-,15+,17-/m0/s1. The van der Waals surface area contributed by atoms with Gasteiger partial charge in [-0.25, -0.2) is 0 Å². The predicted molar refractivity (Wildman–Crippen MR) is 84.4 cm³/mol. The van der Waals surface area contributed by atoms with Crippen LogP contribution in [0.3, 0.4) is 0 Å². The normalized spacial score (nSPS) is 37.2. The molecule has 1 N–H and O–H groups in total. The number of nitrogens with one attached hydrogen (secondary N) is 1. The van der Waals surface area contributed by atoms with E-state index in [-0.39, 0.29) is 11.3 Å². The minimum atomic E-state index is 0.230. The van der Waals surface area contributed by atoms with Crippen LogP contribution in [-0.4, -0.2) is 45.3 Å². The van der Waals surface area contributed by atoms with Crippen LogP contribution in [0.5, 0.6) is 0 Å². The number of nitrogens with zero attached hydrogens (tertiary/aromatic N) is 3. The molecule has 120 valence electrons. The maximum atomic E-state index is 12.9. The maximum absolute atomic E-state index is 12.9. The highest BCUT2D eigenvalue weighted by atomic mass is 16.2. The minimum Gasteiger partial charge on any atom is -0.336 e. The molecule has 0 spiro atoms. The van der Waals surface area contributed by atoms with E-state index in [0.29, 0.717) is 24.7 Å². The Kier molecular flexibility index (Phi) is 3.29. The molecule has 22 heavy (non-hydrogen) atoms. The SMILES string of the molecule is Cc1cnn(CC(=O)N2C[C@@H]3C[C@@]4(C)[C@H](CCCC[C@@H]24)N3)c1. The van der Waals surface area contributed by atoms with E-state index in [1.807, 2.05) is 19.3 Å². The molecule has 1 aliphatic carbocycles. The Labute approximate surface area is 132 Å². The van der Waals surface area contributed by atoms with Gasteiger partial charge in [0.15, 0.2) is 0 Å². The number of aryl methyl sites for hydroxylation is 1. The highest BCUT2D eigenvalue weighted by Crippen LogP contribution is 2.48. The lowest BCUT2D eigenvalue weighted by atomic mass is 9.71. The van der Waals surface area contributed by atoms with Crippen molar-refractivity contribution in [3.05, 3.63) is 18.0 Å². The highest BCUT2D eigenvalue weighted by molar-refractivity contribution is 5.76. The van der Waals surface area contributed by atoms with Crippen molar-refractivity contribution in [2.45, 2.75) is 70.6 Å². The van der Waals surface area contributed by atoms with Gasteiger partial charge in [0.2, 0.25) is 5.91 Å². The molecule has 5 nitrogen and oxygen atoms in total. The zero-order chi connectivity index (χ0) is 15.3. The van der Waals surface area contributed by atoms with Crippen LogP contribution in [0.1, 0.15) is 44.6 Å². The first-order valence-corrected chi connectivity index (χ1v) is 8.61. The number of hydrogen-bond donors (Lipinski definition) is 1. The molecule has 0 aromatic carbocycles. The van der Waals surface area contributed by atoms with Crippen molar-refractivity contribution in [1.82, 2.24) is 20.0 Å². The molecule has 4 rings (SSSR count). The van der Waals surface area contributed by atoms with Gasteiger partial charge in [0.05, 0.1) is 6.20 Å². The number of rotatable bonds is 2. The molecule has 3 fully saturated rings. The Morgan fingerprint density at radius 2 is 2.27 bits per heavy atom. The van der Waals surface area contributed by atoms with E-state index in [4.69, 9.17) is 0 Å². The van der Waals surface area contributed by atoms with E-state index in [1.165, 1.54) is 25.7 Å². The van der Waals surface area contributed by atoms with E-state index >= 15 is 0 Å². The molecule has 1 aromatic rings. The van der Waals surface area contributed by atoms with Crippen molar-refractivity contribution in [3.8, 4) is 0 Å². The summed E-state index contributed by atoms with van der Waals surface area (Å²) in [5, 5.41) is 8.07. The number of hydrogen-bond acceptors (Lipinski definition) is 3. The third kappa shape index (κ3) is 2.18. The summed E-state index contributed by atoms with van der Waals surface area (Å²) in [6.07, 6.45) is 9.96. The smallest absolute Gasteiger partial charge is 0.244 e. The number of amides is 1. The van der Waals surface area contributed by atoms with Crippen LogP contribution in [0, 0.1) is 12.3 Å². The summed E-state index contributed by atoms with van der Waals surface area (Å²) in [5.74, 6) is 0.230. The van der Waals surface area contributed by atoms with Crippen LogP contribution >= 0.6 is 0 Å². The molecule has 0 radical (unpaired) electrons. The summed E-state index contributed by atoms with van der Waals surface area (Å²) in [6, 6.07) is 1.47. The van der Waals surface area contributed by atoms with E-state index in [2.05, 4.69) is 22.2 Å². The Bertz CT molecular complexity index is 583. The molecular formula is C17H26N4O. The van der Waals surface area contributed by atoms with Gasteiger partial charge < -0.3 is 10.2 Å². The molecule has 5 heteroatoms. The fourth-order valence-corrected chi connectivity index (χ4v) is 5.06. The monoisotopic (exact) mass is 302 g/mol. The first-order valence-electron chi connectivity index (χ1n) is 8.61. The van der Waals surface area contributed by atoms with Gasteiger partial charge in [-0.3, -0.25) is 9.48 Å². The van der Waals surface area contributed by atoms with E-state index in [0.717, 1.165) is 18.5 Å². The molecule has 2 bridgehead atoms. The van der Waals surface area contributed by atoms with Crippen LogP contribution in [0.25, 0.3) is 0 Å². The average molecular weight is 302 g/mol. The number of carbonyl (C=O) groups is 1. The Balaban J connectivity index is 1.57. The summed E-state index contributed by atoms with van der Waals surface area (Å²) >= 11 is 0. The van der Waals surface area contributed by atoms with E-state index < -0.39 is 0 Å². The van der Waals surface area contributed by atoms with Crippen LogP contribution in [0.4, 0.5) is 0 Å². The second kappa shape index (κ2) is 5.08. The molecule has 3 heterocycles. The predicted octanol–water partition coefficient (Wildman–Crippen LogP) is 1.71. The first-order chi connectivity index (χ1) is 10.6. The van der Waals surface area contributed by atoms with Gasteiger partial charge in [0, 0.05) is 36.3 Å². The topological polar surface area (TPSA) is 50.2 Å². The van der Waals surface area contributed by atoms with Gasteiger partial charge in [-0.2, -0.15) is 5.10 Å². The number of aromatic nitrogens is 2. The molecular weight excluding hydrogens is 276 g/mol. The summed E-state index contributed by atoms with van der Waals surface area (Å²) < 4.78 is 1.78. The largest absolute Gasteiger partial charge is 0.336 e. The number of piperidine rings is 1. The maximum Gasteiger partial charge on any atom is 0.244 e. The molecule has 1 saturated carbocycles. The van der Waals surface area contributed by atoms with Crippen molar-refractivity contribution >= 4 is 5.91 Å². The van der Waals surface area contributed by atoms with Crippen molar-refractivity contribution < 1.29 is 4.79 Å². The van der Waals surface area contributed by atoms with Gasteiger partial charge in [0.1, 0.15) is 6.54 Å². The Morgan fingerprint density at radius 1 is 1.45 bits per heavy atom. The summed E-state index contributed by atoms with van der Waals surface area (Å²) in [4.78, 5) is 15.1. The zero-order valence-corrected chi connectivity index (χ0v) is 13.6. The van der Waals surface area contributed by atoms with Gasteiger partial charge in [-0.15, -0.1) is 0 Å². The van der Waals surface area contributed by atoms with Crippen molar-refractivity contribution in [3.63, 3.8) is 0 Å². The highest BCUT2D eigenvalue weighted by Gasteiger charge is 2.55. The lowest BCUT2D eigenvalue weighted by Gasteiger charge is -2.46. The molecule has 2 aliphatic heterocycles. The first kappa shape index (κ1) is 14.2. The van der Waals surface area contributed by atoms with Crippen LogP contribution in [0.2, 0.25) is 0 Å². The van der Waals surface area contributed by atoms with E-state index in [1.54, 1.807) is 4.68 Å². The van der Waals surface area contributed by atoms with Gasteiger partial charge in [-0.05, 0) is 31.7 Å². The zero-order valence-electron chi connectivity index (χ0n) is 13.6. The van der Waals surface area contributed by atoms with Crippen molar-refractivity contribution in [2.24, 2.45) is 5.41 Å². The number of fused-ring (bicyclic) bond motifs is 1. The van der Waals surface area contributed by atoms with Crippen molar-refractivity contribution in [2.75, 3.05) is 6.54 Å². The van der Waals surface area contributed by atoms with Crippen LogP contribution < -0.4 is 5.32 Å². The fourth-order valence-electron chi connectivity index (χ4n) is 5.06. The second-order valence-electron chi connectivity index (χ2n) is 7.69. The molecule has 2 saturated heterocycles. The lowest BCUT2D eigenvalue weighted by molar-refractivity contribution is -0.139. The second-order valence-corrected chi connectivity index (χ2v) is 7.69. The van der Waals surface area contributed by atoms with Crippen molar-refractivity contribution in [1.29, 1.82) is 0 Å². The van der Waals surface area contributed by atoms with Gasteiger partial charge in [-0.1, -0.05) is 19.8 Å². The lowest BCUT2D eigenvalue weighted by Crippen LogP contribution is -2.56. The van der Waals surface area contributed by atoms with Gasteiger partial charge in [0.25, 0.3) is 0 Å². The molecule has 0 unspecified atom stereocenters. The average Bonchev–Trinajstić information content (AvgIpc) is 2.94. The van der Waals surface area contributed by atoms with Crippen LogP contribution in [0.15, 0.2) is 12.4 Å². The number of likely N-dealkylation sites (tertiary alicyclic amines) is 1. The Hall–Kier alpha value is -1.36. The van der Waals surface area contributed by atoms with E-state index in [9.17, 15) is 4.79 Å². The fraction of sp³-hybridized carbons (Fsp3) is 0.765. The summed E-state index contributed by atoms with van der Waals surface area (Å²) in [6.45, 7) is 5.65. The third-order valence-corrected chi connectivity index (χ3v) is 6.07. The Morgan fingerprint density at radius 3 is 3.05 bits per heavy atom. The van der Waals surface area contributed by atoms with Gasteiger partial charge >= 0.3 is 0 Å².